The predicted molar refractivity (Wildman–Crippen MR) is 131 cm³/mol. The fraction of sp³-hybridized carbons (Fsp3) is 0.0870. The second kappa shape index (κ2) is 9.93. The molecule has 0 aliphatic heterocycles. The van der Waals surface area contributed by atoms with Gasteiger partial charge in [-0.2, -0.15) is 0 Å². The molecule has 0 aliphatic rings. The average molecular weight is 530 g/mol. The van der Waals surface area contributed by atoms with Crippen LogP contribution in [-0.4, -0.2) is 30.2 Å². The molecular weight excluding hydrogens is 512 g/mol. The van der Waals surface area contributed by atoms with Crippen LogP contribution in [0.1, 0.15) is 0 Å². The van der Waals surface area contributed by atoms with Gasteiger partial charge in [0.05, 0.1) is 30.4 Å². The molecule has 0 unspecified atom stereocenters. The van der Waals surface area contributed by atoms with Gasteiger partial charge in [0, 0.05) is 34.4 Å². The quantitative estimate of drug-likeness (QED) is 0.296. The van der Waals surface area contributed by atoms with E-state index in [2.05, 4.69) is 36.5 Å². The summed E-state index contributed by atoms with van der Waals surface area (Å²) in [5, 5.41) is 6.39. The molecule has 2 amide bonds. The fourth-order valence-corrected chi connectivity index (χ4v) is 3.50. The number of nitrogens with one attached hydrogen (secondary N) is 2. The van der Waals surface area contributed by atoms with Crippen molar-refractivity contribution >= 4 is 56.0 Å². The van der Waals surface area contributed by atoms with E-state index in [-0.39, 0.29) is 0 Å². The molecule has 8 nitrogen and oxygen atoms in total. The molecule has 10 heteroatoms. The molecule has 2 aromatic heterocycles. The third-order valence-electron chi connectivity index (χ3n) is 4.59. The van der Waals surface area contributed by atoms with Gasteiger partial charge in [-0.05, 0) is 52.3 Å². The van der Waals surface area contributed by atoms with Crippen LogP contribution >= 0.6 is 27.5 Å². The van der Waals surface area contributed by atoms with Crippen molar-refractivity contribution in [3.8, 4) is 23.0 Å². The van der Waals surface area contributed by atoms with Crippen molar-refractivity contribution in [2.75, 3.05) is 24.9 Å². The Labute approximate surface area is 203 Å². The fourth-order valence-electron chi connectivity index (χ4n) is 3.04. The maximum Gasteiger partial charge on any atom is 0.324 e. The molecule has 168 valence electrons. The number of carbonyl (C=O) groups excluding carboxylic acids is 1. The zero-order valence-electron chi connectivity index (χ0n) is 17.6. The minimum Gasteiger partial charge on any atom is -0.493 e. The Kier molecular flexibility index (Phi) is 6.81. The van der Waals surface area contributed by atoms with E-state index in [1.807, 2.05) is 0 Å². The van der Waals surface area contributed by atoms with E-state index >= 15 is 0 Å². The van der Waals surface area contributed by atoms with E-state index < -0.39 is 6.03 Å². The number of amides is 2. The maximum atomic E-state index is 12.3. The molecule has 0 spiro atoms. The first-order valence-electron chi connectivity index (χ1n) is 9.64. The number of hydrogen-bond acceptors (Lipinski definition) is 6. The van der Waals surface area contributed by atoms with Crippen molar-refractivity contribution < 1.29 is 19.0 Å². The van der Waals surface area contributed by atoms with Crippen LogP contribution in [-0.2, 0) is 0 Å². The first-order valence-corrected chi connectivity index (χ1v) is 10.8. The molecule has 2 N–H and O–H groups in total. The number of anilines is 2. The van der Waals surface area contributed by atoms with Crippen molar-refractivity contribution in [2.45, 2.75) is 0 Å². The number of benzene rings is 2. The number of carbonyl (C=O) groups is 1. The normalized spacial score (nSPS) is 10.5. The van der Waals surface area contributed by atoms with E-state index in [4.69, 9.17) is 25.8 Å². The number of fused-ring (bicyclic) bond motifs is 1. The highest BCUT2D eigenvalue weighted by Crippen LogP contribution is 2.37. The molecule has 0 saturated heterocycles. The van der Waals surface area contributed by atoms with E-state index in [0.29, 0.717) is 45.0 Å². The summed E-state index contributed by atoms with van der Waals surface area (Å²) in [4.78, 5) is 20.7. The summed E-state index contributed by atoms with van der Waals surface area (Å²) in [5.74, 6) is 2.60. The molecule has 0 aliphatic carbocycles. The Morgan fingerprint density at radius 3 is 2.42 bits per heavy atom. The predicted octanol–water partition coefficient (Wildman–Crippen LogP) is 6.50. The first kappa shape index (κ1) is 22.6. The van der Waals surface area contributed by atoms with Crippen molar-refractivity contribution in [1.82, 2.24) is 9.97 Å². The van der Waals surface area contributed by atoms with Crippen LogP contribution in [0.3, 0.4) is 0 Å². The van der Waals surface area contributed by atoms with Gasteiger partial charge in [-0.25, -0.2) is 9.78 Å². The standard InChI is InChI=1S/C23H18BrClN4O4/c1-31-20-10-15-18(11-21(20)32-2)26-8-7-19(15)33-14-4-5-17(16(25)9-14)28-23(30)29-22-6-3-13(24)12-27-22/h3-12H,1-2H3,(H2,27,28,29,30). The van der Waals surface area contributed by atoms with Crippen LogP contribution < -0.4 is 24.8 Å². The molecule has 0 radical (unpaired) electrons. The third-order valence-corrected chi connectivity index (χ3v) is 5.37. The van der Waals surface area contributed by atoms with E-state index in [9.17, 15) is 4.79 Å². The zero-order chi connectivity index (χ0) is 23.4. The summed E-state index contributed by atoms with van der Waals surface area (Å²) >= 11 is 9.67. The summed E-state index contributed by atoms with van der Waals surface area (Å²) in [6.07, 6.45) is 3.23. The molecule has 0 saturated carbocycles. The molecule has 4 aromatic rings. The molecule has 0 atom stereocenters. The molecule has 2 aromatic carbocycles. The van der Waals surface area contributed by atoms with Gasteiger partial charge >= 0.3 is 6.03 Å². The van der Waals surface area contributed by atoms with Crippen molar-refractivity contribution in [3.63, 3.8) is 0 Å². The van der Waals surface area contributed by atoms with Gasteiger partial charge in [0.2, 0.25) is 0 Å². The van der Waals surface area contributed by atoms with Crippen LogP contribution in [0.5, 0.6) is 23.0 Å². The van der Waals surface area contributed by atoms with Crippen LogP contribution in [0, 0.1) is 0 Å². The lowest BCUT2D eigenvalue weighted by Gasteiger charge is -2.13. The smallest absolute Gasteiger partial charge is 0.324 e. The summed E-state index contributed by atoms with van der Waals surface area (Å²) in [6.45, 7) is 0. The Morgan fingerprint density at radius 2 is 1.73 bits per heavy atom. The second-order valence-corrected chi connectivity index (χ2v) is 8.04. The Morgan fingerprint density at radius 1 is 0.939 bits per heavy atom. The number of ether oxygens (including phenoxy) is 3. The number of urea groups is 1. The minimum atomic E-state index is -0.471. The Hall–Kier alpha value is -3.56. The summed E-state index contributed by atoms with van der Waals surface area (Å²) in [5.41, 5.74) is 1.11. The third kappa shape index (κ3) is 5.27. The molecule has 2 heterocycles. The summed E-state index contributed by atoms with van der Waals surface area (Å²) < 4.78 is 17.6. The highest BCUT2D eigenvalue weighted by atomic mass is 79.9. The van der Waals surface area contributed by atoms with Gasteiger partial charge in [0.15, 0.2) is 11.5 Å². The summed E-state index contributed by atoms with van der Waals surface area (Å²) in [7, 11) is 3.13. The van der Waals surface area contributed by atoms with Crippen LogP contribution in [0.4, 0.5) is 16.3 Å². The van der Waals surface area contributed by atoms with E-state index in [1.54, 1.807) is 75.1 Å². The van der Waals surface area contributed by atoms with Crippen LogP contribution in [0.25, 0.3) is 10.9 Å². The van der Waals surface area contributed by atoms with Crippen molar-refractivity contribution in [1.29, 1.82) is 0 Å². The zero-order valence-corrected chi connectivity index (χ0v) is 19.9. The lowest BCUT2D eigenvalue weighted by molar-refractivity contribution is 0.262. The minimum absolute atomic E-state index is 0.309. The lowest BCUT2D eigenvalue weighted by atomic mass is 10.2. The van der Waals surface area contributed by atoms with E-state index in [0.717, 1.165) is 9.86 Å². The molecule has 0 bridgehead atoms. The van der Waals surface area contributed by atoms with Crippen LogP contribution in [0.2, 0.25) is 5.02 Å². The second-order valence-electron chi connectivity index (χ2n) is 6.72. The SMILES string of the molecule is COc1cc2nccc(Oc3ccc(NC(=O)Nc4ccc(Br)cn4)c(Cl)c3)c2cc1OC. The molecule has 4 rings (SSSR count). The largest absolute Gasteiger partial charge is 0.493 e. The van der Waals surface area contributed by atoms with Gasteiger partial charge in [0.25, 0.3) is 0 Å². The average Bonchev–Trinajstić information content (AvgIpc) is 2.81. The van der Waals surface area contributed by atoms with Gasteiger partial charge in [-0.15, -0.1) is 0 Å². The number of methoxy groups -OCH3 is 2. The van der Waals surface area contributed by atoms with Crippen molar-refractivity contribution in [2.24, 2.45) is 0 Å². The number of pyridine rings is 2. The number of halogens is 2. The number of nitrogens with zero attached hydrogens (tertiary/aromatic N) is 2. The van der Waals surface area contributed by atoms with Gasteiger partial charge in [-0.1, -0.05) is 11.6 Å². The van der Waals surface area contributed by atoms with Gasteiger partial charge in [-0.3, -0.25) is 10.3 Å². The molecular formula is C23H18BrClN4O4. The van der Waals surface area contributed by atoms with Gasteiger partial charge < -0.3 is 19.5 Å². The number of aromatic nitrogens is 2. The first-order chi connectivity index (χ1) is 16.0. The highest BCUT2D eigenvalue weighted by Gasteiger charge is 2.13. The number of rotatable bonds is 6. The maximum absolute atomic E-state index is 12.3. The topological polar surface area (TPSA) is 94.6 Å². The van der Waals surface area contributed by atoms with Crippen LogP contribution in [0.15, 0.2) is 65.4 Å². The molecule has 0 fully saturated rings. The number of hydrogen-bond donors (Lipinski definition) is 2. The highest BCUT2D eigenvalue weighted by molar-refractivity contribution is 9.10. The summed E-state index contributed by atoms with van der Waals surface area (Å²) in [6, 6.07) is 13.3. The monoisotopic (exact) mass is 528 g/mol. The van der Waals surface area contributed by atoms with E-state index in [1.165, 1.54) is 0 Å². The van der Waals surface area contributed by atoms with Crippen molar-refractivity contribution in [3.05, 3.63) is 70.4 Å². The Bertz CT molecular complexity index is 1320. The Balaban J connectivity index is 1.52. The molecule has 33 heavy (non-hydrogen) atoms. The van der Waals surface area contributed by atoms with Gasteiger partial charge in [0.1, 0.15) is 17.3 Å². The lowest BCUT2D eigenvalue weighted by Crippen LogP contribution is -2.20.